The number of nitrogens with one attached hydrogen (secondary N) is 1. The molecule has 118 valence electrons. The summed E-state index contributed by atoms with van der Waals surface area (Å²) in [6.07, 6.45) is 0.557. The molecule has 1 heterocycles. The summed E-state index contributed by atoms with van der Waals surface area (Å²) < 4.78 is 13.1. The molecule has 22 heavy (non-hydrogen) atoms. The minimum atomic E-state index is -0.966. The summed E-state index contributed by atoms with van der Waals surface area (Å²) in [4.78, 5) is 13.6. The van der Waals surface area contributed by atoms with Crippen LogP contribution in [0.25, 0.3) is 0 Å². The molecule has 1 atom stereocenters. The number of carbonyl (C=O) groups is 1. The highest BCUT2D eigenvalue weighted by Gasteiger charge is 2.23. The van der Waals surface area contributed by atoms with Crippen molar-refractivity contribution >= 4 is 17.2 Å². The molecule has 1 amide bonds. The van der Waals surface area contributed by atoms with Crippen molar-refractivity contribution in [1.29, 1.82) is 0 Å². The molecule has 0 bridgehead atoms. The molecule has 0 fully saturated rings. The minimum absolute atomic E-state index is 0.165. The summed E-state index contributed by atoms with van der Waals surface area (Å²) in [7, 11) is 0. The lowest BCUT2D eigenvalue weighted by atomic mass is 9.93. The molecule has 2 rings (SSSR count). The zero-order valence-corrected chi connectivity index (χ0v) is 13.5. The maximum absolute atomic E-state index is 13.1. The van der Waals surface area contributed by atoms with E-state index < -0.39 is 11.5 Å². The van der Waals surface area contributed by atoms with Gasteiger partial charge in [-0.25, -0.2) is 4.39 Å². The maximum atomic E-state index is 13.1. The molecular formula is C17H20FNO2S. The van der Waals surface area contributed by atoms with E-state index in [2.05, 4.69) is 5.32 Å². The molecule has 0 aliphatic rings. The van der Waals surface area contributed by atoms with Crippen LogP contribution in [0.1, 0.15) is 30.2 Å². The van der Waals surface area contributed by atoms with Crippen molar-refractivity contribution < 1.29 is 14.3 Å². The van der Waals surface area contributed by atoms with E-state index in [0.29, 0.717) is 6.42 Å². The molecule has 0 aliphatic carbocycles. The van der Waals surface area contributed by atoms with Gasteiger partial charge in [0.2, 0.25) is 5.91 Å². The highest BCUT2D eigenvalue weighted by Crippen LogP contribution is 2.24. The normalized spacial score (nSPS) is 12.9. The molecule has 0 radical (unpaired) electrons. The summed E-state index contributed by atoms with van der Waals surface area (Å²) in [5.41, 5.74) is -0.200. The SMILES string of the molecule is CC(C)(O)CNC(=O)C(Cc1cccs1)c1ccc(F)cc1. The fourth-order valence-corrected chi connectivity index (χ4v) is 2.87. The average Bonchev–Trinajstić information content (AvgIpc) is 2.96. The smallest absolute Gasteiger partial charge is 0.228 e. The Morgan fingerprint density at radius 1 is 1.32 bits per heavy atom. The molecule has 1 aromatic carbocycles. The van der Waals surface area contributed by atoms with Gasteiger partial charge in [-0.1, -0.05) is 18.2 Å². The lowest BCUT2D eigenvalue weighted by molar-refractivity contribution is -0.123. The molecule has 0 spiro atoms. The van der Waals surface area contributed by atoms with Gasteiger partial charge < -0.3 is 10.4 Å². The Morgan fingerprint density at radius 3 is 2.55 bits per heavy atom. The van der Waals surface area contributed by atoms with Crippen molar-refractivity contribution in [2.45, 2.75) is 31.8 Å². The van der Waals surface area contributed by atoms with Gasteiger partial charge >= 0.3 is 0 Å². The van der Waals surface area contributed by atoms with E-state index in [-0.39, 0.29) is 18.3 Å². The third-order valence-electron chi connectivity index (χ3n) is 3.27. The Kier molecular flexibility index (Phi) is 5.32. The fourth-order valence-electron chi connectivity index (χ4n) is 2.11. The van der Waals surface area contributed by atoms with E-state index in [4.69, 9.17) is 0 Å². The Labute approximate surface area is 133 Å². The number of hydrogen-bond donors (Lipinski definition) is 2. The van der Waals surface area contributed by atoms with Crippen LogP contribution in [0.15, 0.2) is 41.8 Å². The number of aliphatic hydroxyl groups is 1. The van der Waals surface area contributed by atoms with Gasteiger partial charge in [0.05, 0.1) is 11.5 Å². The summed E-state index contributed by atoms with van der Waals surface area (Å²) in [6.45, 7) is 3.45. The molecule has 1 unspecified atom stereocenters. The van der Waals surface area contributed by atoms with Crippen LogP contribution in [0, 0.1) is 5.82 Å². The van der Waals surface area contributed by atoms with E-state index in [0.717, 1.165) is 10.4 Å². The van der Waals surface area contributed by atoms with Gasteiger partial charge in [0.25, 0.3) is 0 Å². The number of rotatable bonds is 6. The first-order valence-corrected chi connectivity index (χ1v) is 8.01. The van der Waals surface area contributed by atoms with Gasteiger partial charge in [-0.05, 0) is 49.4 Å². The largest absolute Gasteiger partial charge is 0.389 e. The molecule has 0 saturated heterocycles. The van der Waals surface area contributed by atoms with Crippen LogP contribution >= 0.6 is 11.3 Å². The predicted molar refractivity (Wildman–Crippen MR) is 86.5 cm³/mol. The molecular weight excluding hydrogens is 301 g/mol. The number of halogens is 1. The van der Waals surface area contributed by atoms with Crippen molar-refractivity contribution in [3.8, 4) is 0 Å². The lowest BCUT2D eigenvalue weighted by Gasteiger charge is -2.21. The fraction of sp³-hybridized carbons (Fsp3) is 0.353. The Hall–Kier alpha value is -1.72. The predicted octanol–water partition coefficient (Wildman–Crippen LogP) is 3.10. The number of benzene rings is 1. The number of amides is 1. The molecule has 5 heteroatoms. The van der Waals surface area contributed by atoms with Crippen LogP contribution in [0.3, 0.4) is 0 Å². The second-order valence-corrected chi connectivity index (χ2v) is 6.95. The molecule has 2 N–H and O–H groups in total. The van der Waals surface area contributed by atoms with Crippen molar-refractivity contribution in [3.63, 3.8) is 0 Å². The zero-order valence-electron chi connectivity index (χ0n) is 12.7. The number of carbonyl (C=O) groups excluding carboxylic acids is 1. The first-order chi connectivity index (χ1) is 10.3. The van der Waals surface area contributed by atoms with Crippen LogP contribution in [0.5, 0.6) is 0 Å². The van der Waals surface area contributed by atoms with Crippen molar-refractivity contribution in [1.82, 2.24) is 5.32 Å². The van der Waals surface area contributed by atoms with Crippen molar-refractivity contribution in [2.75, 3.05) is 6.54 Å². The van der Waals surface area contributed by atoms with Crippen molar-refractivity contribution in [2.24, 2.45) is 0 Å². The maximum Gasteiger partial charge on any atom is 0.228 e. The van der Waals surface area contributed by atoms with Crippen LogP contribution < -0.4 is 5.32 Å². The molecule has 0 aliphatic heterocycles. The molecule has 3 nitrogen and oxygen atoms in total. The number of hydrogen-bond acceptors (Lipinski definition) is 3. The summed E-state index contributed by atoms with van der Waals surface area (Å²) in [5.74, 6) is -0.890. The molecule has 1 aromatic heterocycles. The third kappa shape index (κ3) is 4.93. The number of thiophene rings is 1. The highest BCUT2D eigenvalue weighted by atomic mass is 32.1. The van der Waals surface area contributed by atoms with E-state index in [9.17, 15) is 14.3 Å². The Morgan fingerprint density at radius 2 is 2.00 bits per heavy atom. The monoisotopic (exact) mass is 321 g/mol. The quantitative estimate of drug-likeness (QED) is 0.859. The van der Waals surface area contributed by atoms with Crippen LogP contribution in [0.2, 0.25) is 0 Å². The second kappa shape index (κ2) is 7.03. The van der Waals surface area contributed by atoms with Crippen LogP contribution in [0.4, 0.5) is 4.39 Å². The van der Waals surface area contributed by atoms with Gasteiger partial charge in [0.15, 0.2) is 0 Å². The lowest BCUT2D eigenvalue weighted by Crippen LogP contribution is -2.40. The van der Waals surface area contributed by atoms with E-state index >= 15 is 0 Å². The first kappa shape index (κ1) is 16.6. The zero-order chi connectivity index (χ0) is 16.2. The topological polar surface area (TPSA) is 49.3 Å². The van der Waals surface area contributed by atoms with E-state index in [1.807, 2.05) is 17.5 Å². The Bertz CT molecular complexity index is 603. The van der Waals surface area contributed by atoms with Gasteiger partial charge in [-0.3, -0.25) is 4.79 Å². The van der Waals surface area contributed by atoms with Gasteiger partial charge in [-0.15, -0.1) is 11.3 Å². The average molecular weight is 321 g/mol. The summed E-state index contributed by atoms with van der Waals surface area (Å²) >= 11 is 1.59. The van der Waals surface area contributed by atoms with E-state index in [1.165, 1.54) is 12.1 Å². The second-order valence-electron chi connectivity index (χ2n) is 5.92. The minimum Gasteiger partial charge on any atom is -0.389 e. The van der Waals surface area contributed by atoms with Gasteiger partial charge in [0.1, 0.15) is 5.82 Å². The highest BCUT2D eigenvalue weighted by molar-refractivity contribution is 7.09. The molecule has 2 aromatic rings. The first-order valence-electron chi connectivity index (χ1n) is 7.13. The van der Waals surface area contributed by atoms with Crippen molar-refractivity contribution in [3.05, 3.63) is 58.0 Å². The standard InChI is InChI=1S/C17H20FNO2S/c1-17(2,21)11-19-16(20)15(10-14-4-3-9-22-14)12-5-7-13(18)8-6-12/h3-9,15,21H,10-11H2,1-2H3,(H,19,20). The third-order valence-corrected chi connectivity index (χ3v) is 4.17. The van der Waals surface area contributed by atoms with Gasteiger partial charge in [-0.2, -0.15) is 0 Å². The van der Waals surface area contributed by atoms with Crippen LogP contribution in [-0.2, 0) is 11.2 Å². The molecule has 0 saturated carbocycles. The summed E-state index contributed by atoms with van der Waals surface area (Å²) in [6, 6.07) is 9.91. The summed E-state index contributed by atoms with van der Waals surface area (Å²) in [5, 5.41) is 14.5. The van der Waals surface area contributed by atoms with E-state index in [1.54, 1.807) is 37.3 Å². The van der Waals surface area contributed by atoms with Crippen LogP contribution in [-0.4, -0.2) is 23.2 Å². The van der Waals surface area contributed by atoms with Gasteiger partial charge in [0, 0.05) is 11.4 Å². The Balaban J connectivity index is 2.17.